The maximum atomic E-state index is 13.7. The lowest BCUT2D eigenvalue weighted by Gasteiger charge is -2.19. The van der Waals surface area contributed by atoms with Crippen molar-refractivity contribution in [2.24, 2.45) is 0 Å². The Morgan fingerprint density at radius 2 is 1.93 bits per heavy atom. The molecule has 9 heteroatoms. The van der Waals surface area contributed by atoms with Crippen LogP contribution < -0.4 is 10.9 Å². The Bertz CT molecular complexity index is 1120. The number of aromatic nitrogens is 2. The molecule has 30 heavy (non-hydrogen) atoms. The summed E-state index contributed by atoms with van der Waals surface area (Å²) in [6.07, 6.45) is -1.04. The van der Waals surface area contributed by atoms with Crippen LogP contribution in [0.3, 0.4) is 0 Å². The zero-order valence-electron chi connectivity index (χ0n) is 15.9. The Morgan fingerprint density at radius 1 is 1.23 bits per heavy atom. The predicted molar refractivity (Wildman–Crippen MR) is 110 cm³/mol. The molecule has 0 aliphatic carbocycles. The van der Waals surface area contributed by atoms with E-state index in [1.807, 2.05) is 0 Å². The first-order chi connectivity index (χ1) is 14.3. The first-order valence-corrected chi connectivity index (χ1v) is 9.44. The molecule has 0 unspecified atom stereocenters. The number of hydrogen-bond donors (Lipinski definition) is 3. The molecule has 0 saturated carbocycles. The van der Waals surface area contributed by atoms with Crippen molar-refractivity contribution in [3.63, 3.8) is 0 Å². The quantitative estimate of drug-likeness (QED) is 0.555. The lowest BCUT2D eigenvalue weighted by Crippen LogP contribution is -2.46. The molecule has 3 aromatic rings. The summed E-state index contributed by atoms with van der Waals surface area (Å²) in [5.74, 6) is -1.37. The number of rotatable bonds is 6. The number of nitrogens with zero attached hydrogens (tertiary/aromatic N) is 2. The van der Waals surface area contributed by atoms with Crippen LogP contribution in [0, 0.1) is 5.82 Å². The van der Waals surface area contributed by atoms with E-state index in [2.05, 4.69) is 10.4 Å². The molecule has 156 valence electrons. The van der Waals surface area contributed by atoms with Crippen molar-refractivity contribution in [3.8, 4) is 16.9 Å². The van der Waals surface area contributed by atoms with Gasteiger partial charge in [0, 0.05) is 10.6 Å². The molecule has 7 nitrogen and oxygen atoms in total. The van der Waals surface area contributed by atoms with Gasteiger partial charge in [-0.2, -0.15) is 9.78 Å². The van der Waals surface area contributed by atoms with Crippen molar-refractivity contribution in [3.05, 3.63) is 81.4 Å². The van der Waals surface area contributed by atoms with E-state index in [9.17, 15) is 24.2 Å². The second kappa shape index (κ2) is 9.17. The Hall–Kier alpha value is -3.07. The van der Waals surface area contributed by atoms with Gasteiger partial charge in [-0.1, -0.05) is 29.8 Å². The first kappa shape index (κ1) is 21.6. The van der Waals surface area contributed by atoms with E-state index < -0.39 is 36.0 Å². The summed E-state index contributed by atoms with van der Waals surface area (Å²) in [5, 5.41) is 26.2. The van der Waals surface area contributed by atoms with Crippen LogP contribution in [0.4, 0.5) is 4.39 Å². The third kappa shape index (κ3) is 4.73. The van der Waals surface area contributed by atoms with E-state index in [0.29, 0.717) is 10.6 Å². The van der Waals surface area contributed by atoms with Crippen molar-refractivity contribution < 1.29 is 19.4 Å². The van der Waals surface area contributed by atoms with E-state index in [1.54, 1.807) is 24.3 Å². The van der Waals surface area contributed by atoms with Crippen molar-refractivity contribution in [2.45, 2.75) is 19.1 Å². The monoisotopic (exact) mass is 431 g/mol. The van der Waals surface area contributed by atoms with E-state index in [-0.39, 0.29) is 16.9 Å². The SMILES string of the molecule is C[C@H](O)[C@H](CO)NC(=O)c1cc(-c2ccc(Cl)cc2)nn(-c2cccc(F)c2)c1=O. The number of nitrogens with one attached hydrogen (secondary N) is 1. The van der Waals surface area contributed by atoms with Crippen LogP contribution in [0.25, 0.3) is 16.9 Å². The third-order valence-corrected chi connectivity index (χ3v) is 4.70. The molecule has 1 amide bonds. The zero-order valence-corrected chi connectivity index (χ0v) is 16.7. The van der Waals surface area contributed by atoms with Crippen LogP contribution in [-0.2, 0) is 0 Å². The molecule has 0 aliphatic heterocycles. The van der Waals surface area contributed by atoms with Crippen molar-refractivity contribution >= 4 is 17.5 Å². The average molecular weight is 432 g/mol. The molecule has 2 aromatic carbocycles. The van der Waals surface area contributed by atoms with Gasteiger partial charge in [0.2, 0.25) is 0 Å². The van der Waals surface area contributed by atoms with Gasteiger partial charge in [0.1, 0.15) is 11.4 Å². The smallest absolute Gasteiger partial charge is 0.284 e. The summed E-state index contributed by atoms with van der Waals surface area (Å²) in [5.41, 5.74) is -0.0679. The Morgan fingerprint density at radius 3 is 2.53 bits per heavy atom. The highest BCUT2D eigenvalue weighted by atomic mass is 35.5. The molecule has 0 fully saturated rings. The van der Waals surface area contributed by atoms with Gasteiger partial charge in [-0.25, -0.2) is 4.39 Å². The lowest BCUT2D eigenvalue weighted by molar-refractivity contribution is 0.0756. The summed E-state index contributed by atoms with van der Waals surface area (Å²) in [6.45, 7) is 0.883. The molecule has 0 aliphatic rings. The number of carbonyl (C=O) groups excluding carboxylic acids is 1. The fraction of sp³-hybridized carbons (Fsp3) is 0.190. The number of aliphatic hydroxyl groups excluding tert-OH is 2. The van der Waals surface area contributed by atoms with Gasteiger partial charge < -0.3 is 15.5 Å². The zero-order chi connectivity index (χ0) is 21.8. The van der Waals surface area contributed by atoms with Crippen molar-refractivity contribution in [2.75, 3.05) is 6.61 Å². The summed E-state index contributed by atoms with van der Waals surface area (Å²) < 4.78 is 14.7. The summed E-state index contributed by atoms with van der Waals surface area (Å²) >= 11 is 5.92. The van der Waals surface area contributed by atoms with Crippen LogP contribution in [0.2, 0.25) is 5.02 Å². The standard InChI is InChI=1S/C21H19ClFN3O4/c1-12(28)19(11-27)24-20(29)17-10-18(13-5-7-14(22)8-6-13)25-26(21(17)30)16-4-2-3-15(23)9-16/h2-10,12,19,27-28H,11H2,1H3,(H,24,29)/t12-,19-/m0/s1. The van der Waals surface area contributed by atoms with Crippen molar-refractivity contribution in [1.82, 2.24) is 15.1 Å². The van der Waals surface area contributed by atoms with Crippen molar-refractivity contribution in [1.29, 1.82) is 0 Å². The van der Waals surface area contributed by atoms with Crippen LogP contribution in [0.1, 0.15) is 17.3 Å². The molecule has 2 atom stereocenters. The minimum Gasteiger partial charge on any atom is -0.394 e. The fourth-order valence-corrected chi connectivity index (χ4v) is 2.89. The predicted octanol–water partition coefficient (Wildman–Crippen LogP) is 2.16. The molecule has 3 rings (SSSR count). The minimum absolute atomic E-state index is 0.138. The first-order valence-electron chi connectivity index (χ1n) is 9.06. The van der Waals surface area contributed by atoms with Crippen LogP contribution in [0.5, 0.6) is 0 Å². The number of aliphatic hydroxyl groups is 2. The molecule has 0 saturated heterocycles. The third-order valence-electron chi connectivity index (χ3n) is 4.44. The molecule has 0 radical (unpaired) electrons. The van der Waals surface area contributed by atoms with Crippen LogP contribution in [0.15, 0.2) is 59.4 Å². The minimum atomic E-state index is -1.04. The summed E-state index contributed by atoms with van der Waals surface area (Å²) in [6, 6.07) is 12.2. The molecule has 3 N–H and O–H groups in total. The van der Waals surface area contributed by atoms with Gasteiger partial charge in [0.05, 0.1) is 30.1 Å². The van der Waals surface area contributed by atoms with E-state index in [1.165, 1.54) is 31.2 Å². The largest absolute Gasteiger partial charge is 0.394 e. The normalized spacial score (nSPS) is 13.0. The maximum absolute atomic E-state index is 13.7. The van der Waals surface area contributed by atoms with Crippen LogP contribution in [-0.4, -0.2) is 44.7 Å². The average Bonchev–Trinajstić information content (AvgIpc) is 2.72. The molecular weight excluding hydrogens is 413 g/mol. The highest BCUT2D eigenvalue weighted by Crippen LogP contribution is 2.20. The van der Waals surface area contributed by atoms with Gasteiger partial charge in [-0.15, -0.1) is 0 Å². The molecule has 1 heterocycles. The van der Waals surface area contributed by atoms with Gasteiger partial charge in [0.25, 0.3) is 11.5 Å². The Labute approximate surface area is 176 Å². The number of benzene rings is 2. The molecule has 0 bridgehead atoms. The highest BCUT2D eigenvalue weighted by molar-refractivity contribution is 6.30. The second-order valence-corrected chi connectivity index (χ2v) is 7.09. The highest BCUT2D eigenvalue weighted by Gasteiger charge is 2.22. The second-order valence-electron chi connectivity index (χ2n) is 6.65. The number of hydrogen-bond acceptors (Lipinski definition) is 5. The number of carbonyl (C=O) groups is 1. The van der Waals surface area contributed by atoms with E-state index >= 15 is 0 Å². The fourth-order valence-electron chi connectivity index (χ4n) is 2.77. The summed E-state index contributed by atoms with van der Waals surface area (Å²) in [4.78, 5) is 25.7. The maximum Gasteiger partial charge on any atom is 0.284 e. The molecule has 1 aromatic heterocycles. The Kier molecular flexibility index (Phi) is 6.61. The lowest BCUT2D eigenvalue weighted by atomic mass is 10.1. The van der Waals surface area contributed by atoms with E-state index in [4.69, 9.17) is 11.6 Å². The summed E-state index contributed by atoms with van der Waals surface area (Å²) in [7, 11) is 0. The number of halogens is 2. The van der Waals surface area contributed by atoms with Gasteiger partial charge in [0.15, 0.2) is 0 Å². The number of amides is 1. The van der Waals surface area contributed by atoms with Gasteiger partial charge >= 0.3 is 0 Å². The van der Waals surface area contributed by atoms with Crippen LogP contribution >= 0.6 is 11.6 Å². The Balaban J connectivity index is 2.16. The molecular formula is C21H19ClFN3O4. The topological polar surface area (TPSA) is 104 Å². The van der Waals surface area contributed by atoms with Gasteiger partial charge in [-0.3, -0.25) is 9.59 Å². The van der Waals surface area contributed by atoms with Gasteiger partial charge in [-0.05, 0) is 43.3 Å². The molecule has 0 spiro atoms. The van der Waals surface area contributed by atoms with E-state index in [0.717, 1.165) is 10.7 Å².